The molecule has 4 aromatic rings. The van der Waals surface area contributed by atoms with Gasteiger partial charge in [-0.3, -0.25) is 4.79 Å². The summed E-state index contributed by atoms with van der Waals surface area (Å²) in [6.45, 7) is 0. The zero-order chi connectivity index (χ0) is 19.0. The summed E-state index contributed by atoms with van der Waals surface area (Å²) in [5, 5.41) is 14.4. The molecule has 7 heteroatoms. The number of thiazole rings is 1. The molecule has 1 heterocycles. The van der Waals surface area contributed by atoms with Crippen molar-refractivity contribution in [3.05, 3.63) is 76.3 Å². The summed E-state index contributed by atoms with van der Waals surface area (Å²) in [4.78, 5) is 17.1. The van der Waals surface area contributed by atoms with E-state index < -0.39 is 0 Å². The molecule has 0 saturated carbocycles. The number of fused-ring (bicyclic) bond motifs is 1. The van der Waals surface area contributed by atoms with Crippen molar-refractivity contribution in [2.24, 2.45) is 0 Å². The van der Waals surface area contributed by atoms with Gasteiger partial charge < -0.3 is 10.4 Å². The molecular formula is C20H12Cl2N2O2S. The lowest BCUT2D eigenvalue weighted by molar-refractivity contribution is 0.102. The highest BCUT2D eigenvalue weighted by Gasteiger charge is 2.14. The maximum atomic E-state index is 12.5. The molecule has 2 N–H and O–H groups in total. The van der Waals surface area contributed by atoms with Crippen LogP contribution in [0.5, 0.6) is 5.75 Å². The van der Waals surface area contributed by atoms with Gasteiger partial charge in [-0.25, -0.2) is 4.98 Å². The number of aromatic hydroxyl groups is 1. The third kappa shape index (κ3) is 3.62. The predicted octanol–water partition coefficient (Wildman–Crippen LogP) is 6.23. The van der Waals surface area contributed by atoms with E-state index in [0.29, 0.717) is 26.8 Å². The molecule has 4 nitrogen and oxygen atoms in total. The lowest BCUT2D eigenvalue weighted by Crippen LogP contribution is -2.12. The van der Waals surface area contributed by atoms with Crippen LogP contribution in [0.4, 0.5) is 5.69 Å². The Kier molecular flexibility index (Phi) is 4.74. The summed E-state index contributed by atoms with van der Waals surface area (Å²) in [6, 6.07) is 17.3. The number of nitrogens with zero attached hydrogens (tertiary/aromatic N) is 1. The van der Waals surface area contributed by atoms with Gasteiger partial charge in [0.1, 0.15) is 10.8 Å². The Hall–Kier alpha value is -2.60. The molecule has 0 fully saturated rings. The number of phenolic OH excluding ortho intramolecular Hbond substituents is 1. The van der Waals surface area contributed by atoms with Gasteiger partial charge in [-0.1, -0.05) is 35.3 Å². The fourth-order valence-electron chi connectivity index (χ4n) is 2.64. The number of carbonyl (C=O) groups excluding carboxylic acids is 1. The van der Waals surface area contributed by atoms with Gasteiger partial charge in [0.05, 0.1) is 26.4 Å². The van der Waals surface area contributed by atoms with Gasteiger partial charge in [0.25, 0.3) is 5.91 Å². The lowest BCUT2D eigenvalue weighted by atomic mass is 10.1. The number of para-hydroxylation sites is 1. The highest BCUT2D eigenvalue weighted by molar-refractivity contribution is 7.21. The van der Waals surface area contributed by atoms with Crippen molar-refractivity contribution in [1.29, 1.82) is 0 Å². The van der Waals surface area contributed by atoms with Crippen LogP contribution in [0.1, 0.15) is 10.4 Å². The van der Waals surface area contributed by atoms with E-state index in [9.17, 15) is 9.90 Å². The number of nitrogens with one attached hydrogen (secondary N) is 1. The van der Waals surface area contributed by atoms with Crippen molar-refractivity contribution < 1.29 is 9.90 Å². The molecule has 27 heavy (non-hydrogen) atoms. The Bertz CT molecular complexity index is 1140. The van der Waals surface area contributed by atoms with Gasteiger partial charge in [-0.15, -0.1) is 11.3 Å². The van der Waals surface area contributed by atoms with Crippen LogP contribution >= 0.6 is 34.5 Å². The molecule has 0 unspecified atom stereocenters. The van der Waals surface area contributed by atoms with Crippen LogP contribution in [-0.4, -0.2) is 16.0 Å². The molecular weight excluding hydrogens is 403 g/mol. The number of phenols is 1. The van der Waals surface area contributed by atoms with Gasteiger partial charge in [0.2, 0.25) is 0 Å². The number of hydrogen-bond acceptors (Lipinski definition) is 4. The van der Waals surface area contributed by atoms with Crippen LogP contribution in [0.25, 0.3) is 20.8 Å². The summed E-state index contributed by atoms with van der Waals surface area (Å²) in [7, 11) is 0. The first kappa shape index (κ1) is 17.8. The Balaban J connectivity index is 1.67. The minimum absolute atomic E-state index is 0.0941. The van der Waals surface area contributed by atoms with Crippen molar-refractivity contribution in [1.82, 2.24) is 4.98 Å². The maximum Gasteiger partial charge on any atom is 0.257 e. The van der Waals surface area contributed by atoms with Crippen molar-refractivity contribution in [3.8, 4) is 16.3 Å². The standard InChI is InChI=1S/C20H12Cl2N2O2S/c21-11-5-7-13(15(22)9-11)19(26)23-12-6-8-17(25)14(10-12)20-24-16-3-1-2-4-18(16)27-20/h1-10,25H,(H,23,26). The predicted molar refractivity (Wildman–Crippen MR) is 111 cm³/mol. The minimum atomic E-state index is -0.363. The summed E-state index contributed by atoms with van der Waals surface area (Å²) >= 11 is 13.4. The van der Waals surface area contributed by atoms with Crippen LogP contribution in [0.2, 0.25) is 10.0 Å². The first-order valence-electron chi connectivity index (χ1n) is 7.96. The van der Waals surface area contributed by atoms with E-state index >= 15 is 0 Å². The van der Waals surface area contributed by atoms with Crippen LogP contribution in [0.3, 0.4) is 0 Å². The Morgan fingerprint density at radius 1 is 1.04 bits per heavy atom. The normalized spacial score (nSPS) is 10.9. The second-order valence-electron chi connectivity index (χ2n) is 5.80. The number of aromatic nitrogens is 1. The van der Waals surface area contributed by atoms with Crippen molar-refractivity contribution >= 4 is 56.3 Å². The molecule has 4 rings (SSSR count). The molecule has 134 valence electrons. The van der Waals surface area contributed by atoms with E-state index in [1.807, 2.05) is 24.3 Å². The first-order chi connectivity index (χ1) is 13.0. The molecule has 0 aliphatic carbocycles. The van der Waals surface area contributed by atoms with Crippen LogP contribution in [0.15, 0.2) is 60.7 Å². The van der Waals surface area contributed by atoms with Crippen molar-refractivity contribution in [2.45, 2.75) is 0 Å². The second-order valence-corrected chi connectivity index (χ2v) is 7.67. The van der Waals surface area contributed by atoms with E-state index in [4.69, 9.17) is 23.2 Å². The van der Waals surface area contributed by atoms with Gasteiger partial charge in [0, 0.05) is 10.7 Å². The average molecular weight is 415 g/mol. The monoisotopic (exact) mass is 414 g/mol. The van der Waals surface area contributed by atoms with Gasteiger partial charge in [-0.05, 0) is 48.5 Å². The van der Waals surface area contributed by atoms with E-state index in [0.717, 1.165) is 10.2 Å². The lowest BCUT2D eigenvalue weighted by Gasteiger charge is -2.09. The topological polar surface area (TPSA) is 62.2 Å². The van der Waals surface area contributed by atoms with E-state index in [1.165, 1.54) is 23.5 Å². The Morgan fingerprint density at radius 3 is 2.63 bits per heavy atom. The fourth-order valence-corrected chi connectivity index (χ4v) is 4.13. The van der Waals surface area contributed by atoms with Crippen LogP contribution < -0.4 is 5.32 Å². The molecule has 0 bridgehead atoms. The smallest absolute Gasteiger partial charge is 0.257 e. The van der Waals surface area contributed by atoms with E-state index in [1.54, 1.807) is 24.3 Å². The number of amides is 1. The third-order valence-corrected chi connectivity index (χ3v) is 5.57. The summed E-state index contributed by atoms with van der Waals surface area (Å²) in [5.74, 6) is -0.269. The van der Waals surface area contributed by atoms with Gasteiger partial charge in [-0.2, -0.15) is 0 Å². The minimum Gasteiger partial charge on any atom is -0.507 e. The number of rotatable bonds is 3. The number of halogens is 2. The van der Waals surface area contributed by atoms with Crippen LogP contribution in [0, 0.1) is 0 Å². The summed E-state index contributed by atoms with van der Waals surface area (Å²) in [6.07, 6.45) is 0. The number of benzene rings is 3. The highest BCUT2D eigenvalue weighted by Crippen LogP contribution is 2.37. The average Bonchev–Trinajstić information content (AvgIpc) is 3.07. The first-order valence-corrected chi connectivity index (χ1v) is 9.54. The molecule has 0 aliphatic rings. The second kappa shape index (κ2) is 7.19. The van der Waals surface area contributed by atoms with Gasteiger partial charge >= 0.3 is 0 Å². The summed E-state index contributed by atoms with van der Waals surface area (Å²) < 4.78 is 1.02. The number of hydrogen-bond donors (Lipinski definition) is 2. The number of anilines is 1. The largest absolute Gasteiger partial charge is 0.507 e. The van der Waals surface area contributed by atoms with Crippen LogP contribution in [-0.2, 0) is 0 Å². The zero-order valence-corrected chi connectivity index (χ0v) is 16.1. The van der Waals surface area contributed by atoms with Crippen molar-refractivity contribution in [2.75, 3.05) is 5.32 Å². The highest BCUT2D eigenvalue weighted by atomic mass is 35.5. The Labute approximate surface area is 169 Å². The van der Waals surface area contributed by atoms with Gasteiger partial charge in [0.15, 0.2) is 0 Å². The van der Waals surface area contributed by atoms with E-state index in [2.05, 4.69) is 10.3 Å². The molecule has 0 spiro atoms. The molecule has 0 saturated heterocycles. The van der Waals surface area contributed by atoms with Crippen molar-refractivity contribution in [3.63, 3.8) is 0 Å². The quantitative estimate of drug-likeness (QED) is 0.390. The Morgan fingerprint density at radius 2 is 1.85 bits per heavy atom. The molecule has 0 atom stereocenters. The molecule has 0 radical (unpaired) electrons. The fraction of sp³-hybridized carbons (Fsp3) is 0. The third-order valence-electron chi connectivity index (χ3n) is 3.95. The SMILES string of the molecule is O=C(Nc1ccc(O)c(-c2nc3ccccc3s2)c1)c1ccc(Cl)cc1Cl. The maximum absolute atomic E-state index is 12.5. The molecule has 1 aromatic heterocycles. The molecule has 1 amide bonds. The number of carbonyl (C=O) groups is 1. The molecule has 0 aliphatic heterocycles. The zero-order valence-electron chi connectivity index (χ0n) is 13.7. The molecule has 3 aromatic carbocycles. The summed E-state index contributed by atoms with van der Waals surface area (Å²) in [5.41, 5.74) is 2.25. The van der Waals surface area contributed by atoms with E-state index in [-0.39, 0.29) is 16.7 Å².